The summed E-state index contributed by atoms with van der Waals surface area (Å²) in [4.78, 5) is 24.9. The van der Waals surface area contributed by atoms with E-state index in [1.807, 2.05) is 36.9 Å². The Kier molecular flexibility index (Phi) is 5.18. The maximum Gasteiger partial charge on any atom is 0.324 e. The number of carbonyl (C=O) groups excluding carboxylic acids is 1. The first-order valence-corrected chi connectivity index (χ1v) is 8.72. The molecule has 0 unspecified atom stereocenters. The molecule has 0 aromatic carbocycles. The van der Waals surface area contributed by atoms with Crippen LogP contribution in [0.3, 0.4) is 0 Å². The van der Waals surface area contributed by atoms with Crippen LogP contribution in [0.25, 0.3) is 0 Å². The van der Waals surface area contributed by atoms with E-state index in [0.29, 0.717) is 12.5 Å². The fourth-order valence-corrected chi connectivity index (χ4v) is 2.83. The number of likely N-dealkylation sites (tertiary alicyclic amines) is 1. The zero-order valence-corrected chi connectivity index (χ0v) is 14.8. The number of nitrogens with zero attached hydrogens (tertiary/aromatic N) is 4. The molecule has 0 spiro atoms. The van der Waals surface area contributed by atoms with Crippen molar-refractivity contribution in [3.63, 3.8) is 0 Å². The van der Waals surface area contributed by atoms with Gasteiger partial charge in [-0.05, 0) is 38.5 Å². The molecule has 132 valence electrons. The van der Waals surface area contributed by atoms with E-state index in [4.69, 9.17) is 4.74 Å². The molecule has 1 saturated carbocycles. The molecule has 3 rings (SSSR count). The first-order valence-electron chi connectivity index (χ1n) is 8.72. The van der Waals surface area contributed by atoms with Gasteiger partial charge in [0.2, 0.25) is 5.95 Å². The van der Waals surface area contributed by atoms with Crippen LogP contribution in [-0.4, -0.2) is 60.8 Å². The zero-order chi connectivity index (χ0) is 17.1. The lowest BCUT2D eigenvalue weighted by Crippen LogP contribution is -2.45. The van der Waals surface area contributed by atoms with E-state index >= 15 is 0 Å². The normalized spacial score (nSPS) is 20.8. The standard InChI is InChI=1S/C17H27N5O2/c1-12-9-15(21(2)3)19-16(18-12)20-17(23)22-8-4-5-14(10-22)24-11-13-6-7-13/h9,13-14H,4-8,10-11H2,1-3H3,(H,18,19,20,23)/t14-/m0/s1. The third kappa shape index (κ3) is 4.56. The number of amides is 2. The number of hydrogen-bond donors (Lipinski definition) is 1. The van der Waals surface area contributed by atoms with Crippen molar-refractivity contribution in [1.29, 1.82) is 0 Å². The van der Waals surface area contributed by atoms with E-state index in [1.54, 1.807) is 0 Å². The third-order valence-electron chi connectivity index (χ3n) is 4.45. The number of hydrogen-bond acceptors (Lipinski definition) is 5. The van der Waals surface area contributed by atoms with Crippen molar-refractivity contribution >= 4 is 17.8 Å². The van der Waals surface area contributed by atoms with Crippen LogP contribution in [0, 0.1) is 12.8 Å². The van der Waals surface area contributed by atoms with Crippen molar-refractivity contribution in [1.82, 2.24) is 14.9 Å². The number of aryl methyl sites for hydroxylation is 1. The van der Waals surface area contributed by atoms with E-state index in [2.05, 4.69) is 15.3 Å². The van der Waals surface area contributed by atoms with E-state index in [-0.39, 0.29) is 12.1 Å². The average molecular weight is 333 g/mol. The van der Waals surface area contributed by atoms with Crippen LogP contribution < -0.4 is 10.2 Å². The smallest absolute Gasteiger partial charge is 0.324 e. The molecule has 2 fully saturated rings. The summed E-state index contributed by atoms with van der Waals surface area (Å²) in [5.74, 6) is 1.88. The Balaban J connectivity index is 1.57. The van der Waals surface area contributed by atoms with Crippen LogP contribution in [0.2, 0.25) is 0 Å². The summed E-state index contributed by atoms with van der Waals surface area (Å²) in [6.45, 7) is 4.13. The van der Waals surface area contributed by atoms with E-state index < -0.39 is 0 Å². The molecule has 1 atom stereocenters. The summed E-state index contributed by atoms with van der Waals surface area (Å²) in [6, 6.07) is 1.74. The predicted octanol–water partition coefficient (Wildman–Crippen LogP) is 2.27. The molecule has 2 heterocycles. The van der Waals surface area contributed by atoms with Crippen LogP contribution in [0.15, 0.2) is 6.07 Å². The third-order valence-corrected chi connectivity index (χ3v) is 4.45. The number of aromatic nitrogens is 2. The minimum Gasteiger partial charge on any atom is -0.376 e. The molecule has 24 heavy (non-hydrogen) atoms. The monoisotopic (exact) mass is 333 g/mol. The summed E-state index contributed by atoms with van der Waals surface area (Å²) in [6.07, 6.45) is 4.73. The molecule has 1 aromatic rings. The van der Waals surface area contributed by atoms with Gasteiger partial charge in [0.05, 0.1) is 6.10 Å². The van der Waals surface area contributed by atoms with Gasteiger partial charge in [-0.1, -0.05) is 0 Å². The molecule has 1 saturated heterocycles. The lowest BCUT2D eigenvalue weighted by Gasteiger charge is -2.32. The van der Waals surface area contributed by atoms with Crippen molar-refractivity contribution in [3.8, 4) is 0 Å². The fraction of sp³-hybridized carbons (Fsp3) is 0.706. The predicted molar refractivity (Wildman–Crippen MR) is 93.4 cm³/mol. The van der Waals surface area contributed by atoms with Crippen LogP contribution in [0.1, 0.15) is 31.4 Å². The highest BCUT2D eigenvalue weighted by molar-refractivity contribution is 5.87. The lowest BCUT2D eigenvalue weighted by atomic mass is 10.1. The van der Waals surface area contributed by atoms with Gasteiger partial charge in [0, 0.05) is 45.6 Å². The Labute approximate surface area is 143 Å². The molecule has 1 N–H and O–H groups in total. The molecule has 2 amide bonds. The van der Waals surface area contributed by atoms with Gasteiger partial charge in [0.25, 0.3) is 0 Å². The second kappa shape index (κ2) is 7.34. The number of urea groups is 1. The Morgan fingerprint density at radius 2 is 2.17 bits per heavy atom. The molecule has 7 heteroatoms. The largest absolute Gasteiger partial charge is 0.376 e. The fourth-order valence-electron chi connectivity index (χ4n) is 2.83. The zero-order valence-electron chi connectivity index (χ0n) is 14.8. The van der Waals surface area contributed by atoms with Crippen molar-refractivity contribution < 1.29 is 9.53 Å². The number of rotatable bonds is 5. The number of carbonyl (C=O) groups is 1. The number of piperidine rings is 1. The Hall–Kier alpha value is -1.89. The first kappa shape index (κ1) is 17.0. The average Bonchev–Trinajstić information content (AvgIpc) is 3.37. The Morgan fingerprint density at radius 3 is 2.88 bits per heavy atom. The molecule has 0 bridgehead atoms. The Morgan fingerprint density at radius 1 is 1.38 bits per heavy atom. The van der Waals surface area contributed by atoms with Gasteiger partial charge in [0.1, 0.15) is 5.82 Å². The van der Waals surface area contributed by atoms with Crippen molar-refractivity contribution in [3.05, 3.63) is 11.8 Å². The highest BCUT2D eigenvalue weighted by atomic mass is 16.5. The van der Waals surface area contributed by atoms with Crippen LogP contribution >= 0.6 is 0 Å². The SMILES string of the molecule is Cc1cc(N(C)C)nc(NC(=O)N2CCC[C@H](OCC3CC3)C2)n1. The van der Waals surface area contributed by atoms with E-state index in [1.165, 1.54) is 12.8 Å². The second-order valence-corrected chi connectivity index (χ2v) is 7.00. The molecular formula is C17H27N5O2. The van der Waals surface area contributed by atoms with Crippen molar-refractivity contribution in [2.75, 3.05) is 44.0 Å². The van der Waals surface area contributed by atoms with E-state index in [9.17, 15) is 4.79 Å². The molecule has 2 aliphatic rings. The van der Waals surface area contributed by atoms with Gasteiger partial charge in [-0.15, -0.1) is 0 Å². The lowest BCUT2D eigenvalue weighted by molar-refractivity contribution is 0.00596. The van der Waals surface area contributed by atoms with Gasteiger partial charge < -0.3 is 14.5 Å². The van der Waals surface area contributed by atoms with Gasteiger partial charge in [-0.3, -0.25) is 5.32 Å². The molecule has 1 aromatic heterocycles. The minimum absolute atomic E-state index is 0.148. The summed E-state index contributed by atoms with van der Waals surface area (Å²) < 4.78 is 5.95. The first-order chi connectivity index (χ1) is 11.5. The van der Waals surface area contributed by atoms with Crippen molar-refractivity contribution in [2.24, 2.45) is 5.92 Å². The molecule has 1 aliphatic heterocycles. The van der Waals surface area contributed by atoms with Crippen LogP contribution in [-0.2, 0) is 4.74 Å². The molecular weight excluding hydrogens is 306 g/mol. The van der Waals surface area contributed by atoms with E-state index in [0.717, 1.165) is 43.4 Å². The Bertz CT molecular complexity index is 588. The topological polar surface area (TPSA) is 70.6 Å². The van der Waals surface area contributed by atoms with Gasteiger partial charge in [-0.2, -0.15) is 4.98 Å². The number of anilines is 2. The minimum atomic E-state index is -0.148. The highest BCUT2D eigenvalue weighted by Crippen LogP contribution is 2.30. The highest BCUT2D eigenvalue weighted by Gasteiger charge is 2.28. The summed E-state index contributed by atoms with van der Waals surface area (Å²) in [7, 11) is 3.83. The summed E-state index contributed by atoms with van der Waals surface area (Å²) >= 11 is 0. The summed E-state index contributed by atoms with van der Waals surface area (Å²) in [5.41, 5.74) is 0.827. The van der Waals surface area contributed by atoms with Crippen LogP contribution in [0.4, 0.5) is 16.6 Å². The maximum absolute atomic E-state index is 12.5. The quantitative estimate of drug-likeness (QED) is 0.895. The maximum atomic E-state index is 12.5. The molecule has 1 aliphatic carbocycles. The molecule has 7 nitrogen and oxygen atoms in total. The second-order valence-electron chi connectivity index (χ2n) is 7.00. The van der Waals surface area contributed by atoms with Crippen LogP contribution in [0.5, 0.6) is 0 Å². The number of nitrogens with one attached hydrogen (secondary N) is 1. The van der Waals surface area contributed by atoms with Crippen molar-refractivity contribution in [2.45, 2.75) is 38.7 Å². The number of ether oxygens (including phenoxy) is 1. The van der Waals surface area contributed by atoms with Gasteiger partial charge >= 0.3 is 6.03 Å². The molecule has 0 radical (unpaired) electrons. The van der Waals surface area contributed by atoms with Gasteiger partial charge in [0.15, 0.2) is 0 Å². The summed E-state index contributed by atoms with van der Waals surface area (Å²) in [5, 5.41) is 2.83. The van der Waals surface area contributed by atoms with Gasteiger partial charge in [-0.25, -0.2) is 9.78 Å².